The summed E-state index contributed by atoms with van der Waals surface area (Å²) < 4.78 is 25.0. The Balaban J connectivity index is 2.21. The molecule has 0 saturated carbocycles. The molecule has 0 spiro atoms. The quantitative estimate of drug-likeness (QED) is 0.774. The van der Waals surface area contributed by atoms with E-state index >= 15 is 0 Å². The Morgan fingerprint density at radius 3 is 2.69 bits per heavy atom. The van der Waals surface area contributed by atoms with Crippen LogP contribution in [-0.4, -0.2) is 27.8 Å². The van der Waals surface area contributed by atoms with E-state index in [-0.39, 0.29) is 0 Å². The summed E-state index contributed by atoms with van der Waals surface area (Å²) in [6.07, 6.45) is 1.15. The first-order valence-corrected chi connectivity index (χ1v) is 7.55. The van der Waals surface area contributed by atoms with Gasteiger partial charge in [-0.05, 0) is 17.7 Å². The summed E-state index contributed by atoms with van der Waals surface area (Å²) in [5.41, 5.74) is 1.16. The average Bonchev–Trinajstić information content (AvgIpc) is 2.15. The van der Waals surface area contributed by atoms with Crippen molar-refractivity contribution in [2.24, 2.45) is 0 Å². The number of hydrogen-bond acceptors (Lipinski definition) is 3. The molecule has 0 unspecified atom stereocenters. The van der Waals surface area contributed by atoms with E-state index in [1.54, 1.807) is 0 Å². The molecule has 0 saturated heterocycles. The Morgan fingerprint density at radius 2 is 2.06 bits per heavy atom. The van der Waals surface area contributed by atoms with Crippen molar-refractivity contribution in [1.82, 2.24) is 10.0 Å². The van der Waals surface area contributed by atoms with Gasteiger partial charge in [0.05, 0.1) is 6.26 Å². The van der Waals surface area contributed by atoms with Crippen molar-refractivity contribution in [3.05, 3.63) is 34.3 Å². The molecule has 1 rings (SSSR count). The minimum atomic E-state index is -3.07. The van der Waals surface area contributed by atoms with Crippen LogP contribution >= 0.6 is 15.9 Å². The summed E-state index contributed by atoms with van der Waals surface area (Å²) in [4.78, 5) is 0. The van der Waals surface area contributed by atoms with Gasteiger partial charge in [-0.25, -0.2) is 13.1 Å². The zero-order chi connectivity index (χ0) is 12.0. The summed E-state index contributed by atoms with van der Waals surface area (Å²) in [6.45, 7) is 1.75. The Bertz CT molecular complexity index is 434. The molecule has 16 heavy (non-hydrogen) atoms. The maximum absolute atomic E-state index is 10.8. The van der Waals surface area contributed by atoms with E-state index in [9.17, 15) is 8.42 Å². The summed E-state index contributed by atoms with van der Waals surface area (Å²) in [5.74, 6) is 0. The largest absolute Gasteiger partial charge is 0.311 e. The van der Waals surface area contributed by atoms with Crippen molar-refractivity contribution in [2.45, 2.75) is 6.54 Å². The monoisotopic (exact) mass is 306 g/mol. The highest BCUT2D eigenvalue weighted by molar-refractivity contribution is 9.10. The van der Waals surface area contributed by atoms with Gasteiger partial charge in [-0.15, -0.1) is 0 Å². The molecule has 0 atom stereocenters. The van der Waals surface area contributed by atoms with Crippen LogP contribution in [0.15, 0.2) is 28.7 Å². The van der Waals surface area contributed by atoms with Gasteiger partial charge in [-0.1, -0.05) is 28.1 Å². The lowest BCUT2D eigenvalue weighted by molar-refractivity contribution is 0.582. The highest BCUT2D eigenvalue weighted by Gasteiger charge is 1.98. The number of benzene rings is 1. The SMILES string of the molecule is CS(=O)(=O)NCCNCc1cccc(Br)c1. The first-order chi connectivity index (χ1) is 7.47. The predicted molar refractivity (Wildman–Crippen MR) is 68.7 cm³/mol. The van der Waals surface area contributed by atoms with Crippen molar-refractivity contribution < 1.29 is 8.42 Å². The molecule has 0 radical (unpaired) electrons. The van der Waals surface area contributed by atoms with Crippen LogP contribution < -0.4 is 10.0 Å². The van der Waals surface area contributed by atoms with E-state index in [2.05, 4.69) is 26.0 Å². The average molecular weight is 307 g/mol. The minimum Gasteiger partial charge on any atom is -0.311 e. The molecule has 0 fully saturated rings. The smallest absolute Gasteiger partial charge is 0.208 e. The van der Waals surface area contributed by atoms with Crippen molar-refractivity contribution in [3.63, 3.8) is 0 Å². The third kappa shape index (κ3) is 6.22. The fraction of sp³-hybridized carbons (Fsp3) is 0.400. The van der Waals surface area contributed by atoms with Gasteiger partial charge >= 0.3 is 0 Å². The lowest BCUT2D eigenvalue weighted by Crippen LogP contribution is -2.30. The second-order valence-corrected chi connectivity index (χ2v) is 6.22. The molecule has 2 N–H and O–H groups in total. The van der Waals surface area contributed by atoms with Crippen molar-refractivity contribution in [1.29, 1.82) is 0 Å². The van der Waals surface area contributed by atoms with Gasteiger partial charge in [0, 0.05) is 24.1 Å². The van der Waals surface area contributed by atoms with Gasteiger partial charge in [0.15, 0.2) is 0 Å². The molecular weight excluding hydrogens is 292 g/mol. The molecule has 6 heteroatoms. The van der Waals surface area contributed by atoms with Crippen LogP contribution in [0.25, 0.3) is 0 Å². The standard InChI is InChI=1S/C10H15BrN2O2S/c1-16(14,15)13-6-5-12-8-9-3-2-4-10(11)7-9/h2-4,7,12-13H,5-6,8H2,1H3. The fourth-order valence-electron chi connectivity index (χ4n) is 1.20. The molecule has 1 aromatic rings. The zero-order valence-electron chi connectivity index (χ0n) is 9.03. The lowest BCUT2D eigenvalue weighted by atomic mass is 10.2. The summed E-state index contributed by atoms with van der Waals surface area (Å²) in [5, 5.41) is 3.15. The first-order valence-electron chi connectivity index (χ1n) is 4.87. The Kier molecular flexibility index (Phi) is 5.40. The molecule has 0 amide bonds. The van der Waals surface area contributed by atoms with E-state index in [0.717, 1.165) is 22.8 Å². The third-order valence-electron chi connectivity index (χ3n) is 1.88. The van der Waals surface area contributed by atoms with Gasteiger partial charge in [0.25, 0.3) is 0 Å². The lowest BCUT2D eigenvalue weighted by Gasteiger charge is -2.05. The van der Waals surface area contributed by atoms with Gasteiger partial charge in [0.1, 0.15) is 0 Å². The van der Waals surface area contributed by atoms with Crippen molar-refractivity contribution in [3.8, 4) is 0 Å². The maximum Gasteiger partial charge on any atom is 0.208 e. The molecule has 4 nitrogen and oxygen atoms in total. The van der Waals surface area contributed by atoms with Crippen LogP contribution in [0.3, 0.4) is 0 Å². The van der Waals surface area contributed by atoms with E-state index in [1.807, 2.05) is 24.3 Å². The molecule has 0 bridgehead atoms. The van der Waals surface area contributed by atoms with Gasteiger partial charge in [0.2, 0.25) is 10.0 Å². The predicted octanol–water partition coefficient (Wildman–Crippen LogP) is 1.09. The molecule has 0 aliphatic rings. The van der Waals surface area contributed by atoms with Crippen LogP contribution in [0.4, 0.5) is 0 Å². The second kappa shape index (κ2) is 6.34. The third-order valence-corrected chi connectivity index (χ3v) is 3.11. The molecule has 0 aliphatic carbocycles. The van der Waals surface area contributed by atoms with Crippen LogP contribution in [0.1, 0.15) is 5.56 Å². The molecular formula is C10H15BrN2O2S. The highest BCUT2D eigenvalue weighted by Crippen LogP contribution is 2.10. The molecule has 0 heterocycles. The molecule has 0 aliphatic heterocycles. The Hall–Kier alpha value is -0.430. The van der Waals surface area contributed by atoms with Crippen LogP contribution in [0.2, 0.25) is 0 Å². The van der Waals surface area contributed by atoms with Gasteiger partial charge in [-0.3, -0.25) is 0 Å². The summed E-state index contributed by atoms with van der Waals surface area (Å²) in [6, 6.07) is 7.98. The van der Waals surface area contributed by atoms with E-state index in [4.69, 9.17) is 0 Å². The summed E-state index contributed by atoms with van der Waals surface area (Å²) in [7, 11) is -3.07. The zero-order valence-corrected chi connectivity index (χ0v) is 11.4. The number of sulfonamides is 1. The van der Waals surface area contributed by atoms with Crippen LogP contribution in [0, 0.1) is 0 Å². The van der Waals surface area contributed by atoms with Crippen LogP contribution in [0.5, 0.6) is 0 Å². The first kappa shape index (κ1) is 13.6. The van der Waals surface area contributed by atoms with Crippen molar-refractivity contribution >= 4 is 26.0 Å². The van der Waals surface area contributed by atoms with Crippen LogP contribution in [-0.2, 0) is 16.6 Å². The highest BCUT2D eigenvalue weighted by atomic mass is 79.9. The molecule has 0 aromatic heterocycles. The number of hydrogen-bond donors (Lipinski definition) is 2. The van der Waals surface area contributed by atoms with Gasteiger partial charge in [-0.2, -0.15) is 0 Å². The maximum atomic E-state index is 10.8. The topological polar surface area (TPSA) is 58.2 Å². The second-order valence-electron chi connectivity index (χ2n) is 3.47. The van der Waals surface area contributed by atoms with Gasteiger partial charge < -0.3 is 5.32 Å². The number of rotatable bonds is 6. The fourth-order valence-corrected chi connectivity index (χ4v) is 2.12. The minimum absolute atomic E-state index is 0.410. The van der Waals surface area contributed by atoms with E-state index in [0.29, 0.717) is 13.1 Å². The number of nitrogens with one attached hydrogen (secondary N) is 2. The van der Waals surface area contributed by atoms with E-state index < -0.39 is 10.0 Å². The molecule has 1 aromatic carbocycles. The number of halogens is 1. The van der Waals surface area contributed by atoms with E-state index in [1.165, 1.54) is 0 Å². The Labute approximate surface area is 105 Å². The normalized spacial score (nSPS) is 11.6. The summed E-state index contributed by atoms with van der Waals surface area (Å²) >= 11 is 3.39. The Morgan fingerprint density at radius 1 is 1.31 bits per heavy atom. The van der Waals surface area contributed by atoms with Crippen molar-refractivity contribution in [2.75, 3.05) is 19.3 Å². The molecule has 90 valence electrons.